The van der Waals surface area contributed by atoms with Crippen molar-refractivity contribution in [3.63, 3.8) is 0 Å². The maximum Gasteiger partial charge on any atom is 0.337 e. The van der Waals surface area contributed by atoms with E-state index in [1.165, 1.54) is 18.9 Å². The Morgan fingerprint density at radius 1 is 1.06 bits per heavy atom. The van der Waals surface area contributed by atoms with Crippen LogP contribution in [0, 0.1) is 0 Å². The summed E-state index contributed by atoms with van der Waals surface area (Å²) in [4.78, 5) is 16.5. The zero-order valence-corrected chi connectivity index (χ0v) is 19.6. The Hall–Kier alpha value is -3.62. The first kappa shape index (κ1) is 22.2. The first-order chi connectivity index (χ1) is 16.6. The number of ether oxygens (including phenoxy) is 2. The Balaban J connectivity index is 1.47. The number of carbonyl (C=O) groups is 1. The molecule has 0 bridgehead atoms. The zero-order valence-electron chi connectivity index (χ0n) is 18.1. The number of esters is 1. The van der Waals surface area contributed by atoms with Gasteiger partial charge in [-0.1, -0.05) is 71.9 Å². The van der Waals surface area contributed by atoms with Crippen LogP contribution in [-0.2, 0) is 10.5 Å². The molecule has 9 heteroatoms. The van der Waals surface area contributed by atoms with Crippen molar-refractivity contribution in [1.82, 2.24) is 15.2 Å². The number of anilines is 1. The van der Waals surface area contributed by atoms with Crippen LogP contribution in [0.4, 0.5) is 5.69 Å². The minimum absolute atomic E-state index is 0.371. The third kappa shape index (κ3) is 4.55. The number of aromatic nitrogens is 3. The van der Waals surface area contributed by atoms with E-state index in [4.69, 9.17) is 21.1 Å². The van der Waals surface area contributed by atoms with Gasteiger partial charge < -0.3 is 14.8 Å². The lowest BCUT2D eigenvalue weighted by atomic mass is 10.1. The lowest BCUT2D eigenvalue weighted by Gasteiger charge is -2.19. The number of para-hydroxylation sites is 1. The number of rotatable bonds is 5. The van der Waals surface area contributed by atoms with Gasteiger partial charge in [-0.15, -0.1) is 10.2 Å². The number of hydrogen-bond donors (Lipinski definition) is 1. The first-order valence-corrected chi connectivity index (χ1v) is 11.8. The van der Waals surface area contributed by atoms with Crippen molar-refractivity contribution in [2.75, 3.05) is 12.4 Å². The van der Waals surface area contributed by atoms with Gasteiger partial charge in [0.1, 0.15) is 0 Å². The Kier molecular flexibility index (Phi) is 6.33. The van der Waals surface area contributed by atoms with Crippen LogP contribution < -0.4 is 10.1 Å². The molecule has 1 N–H and O–H groups in total. The van der Waals surface area contributed by atoms with Crippen LogP contribution in [0.5, 0.6) is 5.88 Å². The molecule has 5 rings (SSSR count). The smallest absolute Gasteiger partial charge is 0.337 e. The molecule has 1 atom stereocenters. The van der Waals surface area contributed by atoms with Gasteiger partial charge in [0.2, 0.25) is 11.0 Å². The molecule has 7 nitrogen and oxygen atoms in total. The minimum atomic E-state index is -0.549. The molecule has 1 aromatic heterocycles. The van der Waals surface area contributed by atoms with Crippen LogP contribution in [-0.4, -0.2) is 28.3 Å². The van der Waals surface area contributed by atoms with Gasteiger partial charge in [-0.3, -0.25) is 0 Å². The Labute approximate surface area is 205 Å². The number of methoxy groups -OCH3 is 1. The molecule has 0 aliphatic carbocycles. The number of benzene rings is 3. The van der Waals surface area contributed by atoms with Crippen LogP contribution in [0.25, 0.3) is 11.3 Å². The fourth-order valence-corrected chi connectivity index (χ4v) is 4.59. The van der Waals surface area contributed by atoms with Gasteiger partial charge in [0, 0.05) is 27.6 Å². The number of carbonyl (C=O) groups excluding carboxylic acids is 1. The fourth-order valence-electron chi connectivity index (χ4n) is 3.53. The molecule has 0 radical (unpaired) electrons. The standard InChI is InChI=1S/C25H19ClN4O3S/c1-32-24(31)16-12-10-15(11-13-16)22-27-20-9-5-3-7-18(20)21-23(33-22)28-25(30-29-21)34-14-17-6-2-4-8-19(17)26/h2-13,22,27H,14H2,1H3/t22-/m1/s1. The van der Waals surface area contributed by atoms with E-state index in [2.05, 4.69) is 20.5 Å². The molecule has 34 heavy (non-hydrogen) atoms. The Morgan fingerprint density at radius 3 is 2.62 bits per heavy atom. The molecule has 0 fully saturated rings. The number of nitrogens with zero attached hydrogens (tertiary/aromatic N) is 3. The Morgan fingerprint density at radius 2 is 1.82 bits per heavy atom. The second-order valence-corrected chi connectivity index (χ2v) is 8.78. The van der Waals surface area contributed by atoms with Crippen molar-refractivity contribution >= 4 is 35.0 Å². The molecule has 0 amide bonds. The SMILES string of the molecule is COC(=O)c1ccc([C@@H]2Nc3ccccc3-c3nnc(SCc4ccccc4Cl)nc3O2)cc1. The molecule has 2 heterocycles. The lowest BCUT2D eigenvalue weighted by molar-refractivity contribution is 0.0600. The van der Waals surface area contributed by atoms with Crippen molar-refractivity contribution in [2.24, 2.45) is 0 Å². The second kappa shape index (κ2) is 9.70. The van der Waals surface area contributed by atoms with E-state index in [9.17, 15) is 4.79 Å². The van der Waals surface area contributed by atoms with Crippen molar-refractivity contribution in [3.05, 3.63) is 94.5 Å². The third-order valence-corrected chi connectivity index (χ3v) is 6.54. The molecule has 0 spiro atoms. The van der Waals surface area contributed by atoms with Crippen LogP contribution >= 0.6 is 23.4 Å². The third-order valence-electron chi connectivity index (χ3n) is 5.28. The number of hydrogen-bond acceptors (Lipinski definition) is 8. The zero-order chi connectivity index (χ0) is 23.5. The largest absolute Gasteiger partial charge is 0.465 e. The number of fused-ring (bicyclic) bond motifs is 3. The van der Waals surface area contributed by atoms with Crippen LogP contribution in [0.2, 0.25) is 5.02 Å². The summed E-state index contributed by atoms with van der Waals surface area (Å²) in [6.45, 7) is 0. The van der Waals surface area contributed by atoms with Crippen molar-refractivity contribution in [2.45, 2.75) is 17.1 Å². The summed E-state index contributed by atoms with van der Waals surface area (Å²) in [6, 6.07) is 22.5. The number of halogens is 1. The van der Waals surface area contributed by atoms with E-state index in [0.717, 1.165) is 22.4 Å². The molecule has 0 unspecified atom stereocenters. The summed E-state index contributed by atoms with van der Waals surface area (Å²) in [5.41, 5.74) is 4.51. The number of thioether (sulfide) groups is 1. The highest BCUT2D eigenvalue weighted by atomic mass is 35.5. The highest BCUT2D eigenvalue weighted by molar-refractivity contribution is 7.98. The highest BCUT2D eigenvalue weighted by Gasteiger charge is 2.26. The monoisotopic (exact) mass is 490 g/mol. The van der Waals surface area contributed by atoms with E-state index in [0.29, 0.717) is 33.1 Å². The van der Waals surface area contributed by atoms with Gasteiger partial charge in [0.05, 0.1) is 12.7 Å². The normalized spacial score (nSPS) is 14.1. The molecule has 3 aromatic carbocycles. The average Bonchev–Trinajstić information content (AvgIpc) is 3.04. The predicted octanol–water partition coefficient (Wildman–Crippen LogP) is 5.77. The molecular weight excluding hydrogens is 472 g/mol. The van der Waals surface area contributed by atoms with E-state index >= 15 is 0 Å². The Bertz CT molecular complexity index is 1350. The minimum Gasteiger partial charge on any atom is -0.465 e. The van der Waals surface area contributed by atoms with E-state index in [-0.39, 0.29) is 0 Å². The van der Waals surface area contributed by atoms with Gasteiger partial charge in [-0.25, -0.2) is 4.79 Å². The summed E-state index contributed by atoms with van der Waals surface area (Å²) in [7, 11) is 1.36. The lowest BCUT2D eigenvalue weighted by Crippen LogP contribution is -2.17. The first-order valence-electron chi connectivity index (χ1n) is 10.4. The van der Waals surface area contributed by atoms with Gasteiger partial charge in [0.15, 0.2) is 11.9 Å². The maximum atomic E-state index is 11.8. The van der Waals surface area contributed by atoms with Crippen molar-refractivity contribution < 1.29 is 14.3 Å². The van der Waals surface area contributed by atoms with Crippen LogP contribution in [0.1, 0.15) is 27.7 Å². The highest BCUT2D eigenvalue weighted by Crippen LogP contribution is 2.39. The van der Waals surface area contributed by atoms with E-state index in [1.807, 2.05) is 60.7 Å². The topological polar surface area (TPSA) is 86.2 Å². The number of nitrogens with one attached hydrogen (secondary N) is 1. The quantitative estimate of drug-likeness (QED) is 0.278. The fraction of sp³-hybridized carbons (Fsp3) is 0.120. The predicted molar refractivity (Wildman–Crippen MR) is 131 cm³/mol. The molecular formula is C25H19ClN4O3S. The summed E-state index contributed by atoms with van der Waals surface area (Å²) in [5, 5.41) is 13.3. The molecule has 0 saturated carbocycles. The summed E-state index contributed by atoms with van der Waals surface area (Å²) in [5.74, 6) is 0.582. The summed E-state index contributed by atoms with van der Waals surface area (Å²) in [6.07, 6.45) is -0.549. The summed E-state index contributed by atoms with van der Waals surface area (Å²) < 4.78 is 11.1. The van der Waals surface area contributed by atoms with Crippen LogP contribution in [0.15, 0.2) is 78.0 Å². The van der Waals surface area contributed by atoms with Crippen LogP contribution in [0.3, 0.4) is 0 Å². The van der Waals surface area contributed by atoms with Gasteiger partial charge in [0.25, 0.3) is 0 Å². The summed E-state index contributed by atoms with van der Waals surface area (Å²) >= 11 is 7.71. The maximum absolute atomic E-state index is 11.8. The van der Waals surface area contributed by atoms with E-state index in [1.54, 1.807) is 12.1 Å². The van der Waals surface area contributed by atoms with Gasteiger partial charge in [-0.2, -0.15) is 4.98 Å². The molecule has 1 aliphatic rings. The van der Waals surface area contributed by atoms with Gasteiger partial charge in [-0.05, 0) is 29.8 Å². The van der Waals surface area contributed by atoms with Crippen molar-refractivity contribution in [3.8, 4) is 17.1 Å². The average molecular weight is 491 g/mol. The second-order valence-electron chi connectivity index (χ2n) is 7.43. The molecule has 1 aliphatic heterocycles. The van der Waals surface area contributed by atoms with E-state index < -0.39 is 12.2 Å². The van der Waals surface area contributed by atoms with Gasteiger partial charge >= 0.3 is 5.97 Å². The molecule has 170 valence electrons. The molecule has 4 aromatic rings. The van der Waals surface area contributed by atoms with Crippen molar-refractivity contribution in [1.29, 1.82) is 0 Å². The molecule has 0 saturated heterocycles.